The summed E-state index contributed by atoms with van der Waals surface area (Å²) in [6.45, 7) is 2.59. The minimum atomic E-state index is -0.811. The van der Waals surface area contributed by atoms with Crippen molar-refractivity contribution >= 4 is 17.5 Å². The van der Waals surface area contributed by atoms with Crippen LogP contribution in [-0.2, 0) is 14.3 Å². The maximum atomic E-state index is 12.4. The number of nitrogens with one attached hydrogen (secondary N) is 1. The van der Waals surface area contributed by atoms with Crippen LogP contribution in [0, 0.1) is 5.92 Å². The van der Waals surface area contributed by atoms with E-state index in [0.717, 1.165) is 18.4 Å². The molecule has 2 atom stereocenters. The second-order valence-electron chi connectivity index (χ2n) is 7.38. The Morgan fingerprint density at radius 2 is 1.96 bits per heavy atom. The van der Waals surface area contributed by atoms with E-state index in [4.69, 9.17) is 4.74 Å². The highest BCUT2D eigenvalue weighted by atomic mass is 16.5. The normalized spacial score (nSPS) is 22.9. The van der Waals surface area contributed by atoms with Gasteiger partial charge < -0.3 is 20.1 Å². The van der Waals surface area contributed by atoms with Crippen LogP contribution in [0.4, 0.5) is 5.69 Å². The van der Waals surface area contributed by atoms with Crippen molar-refractivity contribution in [1.29, 1.82) is 0 Å². The summed E-state index contributed by atoms with van der Waals surface area (Å²) in [5, 5.41) is 13.6. The molecule has 3 rings (SSSR count). The van der Waals surface area contributed by atoms with Gasteiger partial charge >= 0.3 is 0 Å². The average Bonchev–Trinajstić information content (AvgIpc) is 2.64. The van der Waals surface area contributed by atoms with Gasteiger partial charge in [0.05, 0.1) is 12.6 Å². The lowest BCUT2D eigenvalue weighted by molar-refractivity contribution is -0.155. The predicted octanol–water partition coefficient (Wildman–Crippen LogP) is 2.49. The smallest absolute Gasteiger partial charge is 0.249 e. The number of carbonyl (C=O) groups is 2. The fraction of sp³-hybridized carbons (Fsp3) is 0.600. The highest BCUT2D eigenvalue weighted by Crippen LogP contribution is 2.29. The van der Waals surface area contributed by atoms with Crippen LogP contribution >= 0.6 is 0 Å². The third-order valence-corrected chi connectivity index (χ3v) is 5.35. The Hall–Kier alpha value is -1.92. The lowest BCUT2D eigenvalue weighted by Crippen LogP contribution is -2.53. The van der Waals surface area contributed by atoms with Gasteiger partial charge in [-0.25, -0.2) is 0 Å². The van der Waals surface area contributed by atoms with Crippen molar-refractivity contribution in [1.82, 2.24) is 4.90 Å². The monoisotopic (exact) mass is 360 g/mol. The van der Waals surface area contributed by atoms with E-state index in [1.54, 1.807) is 24.3 Å². The molecular formula is C20H28N2O4. The van der Waals surface area contributed by atoms with Crippen molar-refractivity contribution in [2.45, 2.75) is 51.2 Å². The van der Waals surface area contributed by atoms with E-state index in [9.17, 15) is 14.7 Å². The van der Waals surface area contributed by atoms with Crippen LogP contribution in [0.25, 0.3) is 0 Å². The van der Waals surface area contributed by atoms with Gasteiger partial charge in [-0.15, -0.1) is 0 Å². The van der Waals surface area contributed by atoms with Crippen LogP contribution in [0.1, 0.15) is 50.7 Å². The molecule has 2 N–H and O–H groups in total. The van der Waals surface area contributed by atoms with Crippen molar-refractivity contribution in [3.05, 3.63) is 29.8 Å². The second-order valence-corrected chi connectivity index (χ2v) is 7.38. The maximum absolute atomic E-state index is 12.4. The van der Waals surface area contributed by atoms with Crippen molar-refractivity contribution in [3.63, 3.8) is 0 Å². The molecule has 2 fully saturated rings. The van der Waals surface area contributed by atoms with Crippen LogP contribution in [-0.4, -0.2) is 47.6 Å². The van der Waals surface area contributed by atoms with Gasteiger partial charge in [0, 0.05) is 19.2 Å². The summed E-state index contributed by atoms with van der Waals surface area (Å²) >= 11 is 0. The minimum Gasteiger partial charge on any atom is -0.386 e. The molecule has 2 aliphatic rings. The number of hydrogen-bond acceptors (Lipinski definition) is 4. The number of aliphatic hydroxyl groups excluding tert-OH is 1. The van der Waals surface area contributed by atoms with Gasteiger partial charge in [-0.05, 0) is 36.5 Å². The quantitative estimate of drug-likeness (QED) is 0.846. The first kappa shape index (κ1) is 18.9. The molecule has 1 saturated carbocycles. The zero-order chi connectivity index (χ0) is 18.5. The Morgan fingerprint density at radius 3 is 2.62 bits per heavy atom. The van der Waals surface area contributed by atoms with Gasteiger partial charge in [-0.2, -0.15) is 0 Å². The molecule has 0 aromatic heterocycles. The third-order valence-electron chi connectivity index (χ3n) is 5.35. The zero-order valence-corrected chi connectivity index (χ0v) is 15.3. The Bertz CT molecular complexity index is 625. The number of carbonyl (C=O) groups excluding carboxylic acids is 2. The number of anilines is 1. The van der Waals surface area contributed by atoms with Gasteiger partial charge in [0.25, 0.3) is 0 Å². The van der Waals surface area contributed by atoms with E-state index >= 15 is 0 Å². The number of ether oxygens (including phenoxy) is 1. The predicted molar refractivity (Wildman–Crippen MR) is 98.6 cm³/mol. The lowest BCUT2D eigenvalue weighted by Gasteiger charge is -2.40. The maximum Gasteiger partial charge on any atom is 0.249 e. The minimum absolute atomic E-state index is 0.0410. The van der Waals surface area contributed by atoms with Gasteiger partial charge in [0.2, 0.25) is 11.8 Å². The summed E-state index contributed by atoms with van der Waals surface area (Å²) in [5.74, 6) is 0.339. The number of amides is 2. The average molecular weight is 360 g/mol. The summed E-state index contributed by atoms with van der Waals surface area (Å²) in [6.07, 6.45) is 5.22. The van der Waals surface area contributed by atoms with Gasteiger partial charge in [-0.1, -0.05) is 31.4 Å². The van der Waals surface area contributed by atoms with E-state index in [1.807, 2.05) is 4.90 Å². The van der Waals surface area contributed by atoms with Gasteiger partial charge in [0.1, 0.15) is 12.7 Å². The fourth-order valence-corrected chi connectivity index (χ4v) is 3.96. The number of aliphatic hydroxyl groups is 1. The van der Waals surface area contributed by atoms with Crippen LogP contribution in [0.3, 0.4) is 0 Å². The Kier molecular flexibility index (Phi) is 6.27. The van der Waals surface area contributed by atoms with Crippen LogP contribution in [0.5, 0.6) is 0 Å². The first-order valence-electron chi connectivity index (χ1n) is 9.47. The van der Waals surface area contributed by atoms with E-state index in [0.29, 0.717) is 24.8 Å². The Balaban J connectivity index is 1.71. The molecule has 2 amide bonds. The van der Waals surface area contributed by atoms with Crippen molar-refractivity contribution in [3.8, 4) is 0 Å². The molecule has 142 valence electrons. The largest absolute Gasteiger partial charge is 0.386 e. The van der Waals surface area contributed by atoms with Gasteiger partial charge in [0.15, 0.2) is 0 Å². The molecule has 1 saturated heterocycles. The molecule has 1 aromatic rings. The lowest BCUT2D eigenvalue weighted by atomic mass is 9.88. The Morgan fingerprint density at radius 1 is 1.27 bits per heavy atom. The van der Waals surface area contributed by atoms with Crippen molar-refractivity contribution in [2.24, 2.45) is 5.92 Å². The topological polar surface area (TPSA) is 78.9 Å². The molecule has 1 aromatic carbocycles. The molecule has 0 radical (unpaired) electrons. The molecular weight excluding hydrogens is 332 g/mol. The molecule has 1 aliphatic carbocycles. The van der Waals surface area contributed by atoms with Crippen molar-refractivity contribution in [2.75, 3.05) is 25.1 Å². The molecule has 1 aliphatic heterocycles. The summed E-state index contributed by atoms with van der Waals surface area (Å²) in [7, 11) is 0. The van der Waals surface area contributed by atoms with Crippen LogP contribution in [0.15, 0.2) is 24.3 Å². The summed E-state index contributed by atoms with van der Waals surface area (Å²) in [6, 6.07) is 6.72. The Labute approximate surface area is 154 Å². The highest BCUT2D eigenvalue weighted by molar-refractivity contribution is 5.88. The number of benzene rings is 1. The van der Waals surface area contributed by atoms with E-state index in [1.165, 1.54) is 26.2 Å². The van der Waals surface area contributed by atoms with E-state index in [-0.39, 0.29) is 24.5 Å². The second kappa shape index (κ2) is 8.64. The van der Waals surface area contributed by atoms with Gasteiger partial charge in [-0.3, -0.25) is 9.59 Å². The SMILES string of the molecule is CC(=O)Nc1ccc(C(O)C2COCC(=O)N2CC2CCCCC2)cc1. The number of nitrogens with zero attached hydrogens (tertiary/aromatic N) is 1. The van der Waals surface area contributed by atoms with Crippen LogP contribution < -0.4 is 5.32 Å². The first-order chi connectivity index (χ1) is 12.5. The first-order valence-corrected chi connectivity index (χ1v) is 9.47. The zero-order valence-electron chi connectivity index (χ0n) is 15.3. The number of rotatable bonds is 5. The molecule has 2 unspecified atom stereocenters. The third kappa shape index (κ3) is 4.62. The molecule has 0 spiro atoms. The molecule has 6 heteroatoms. The number of morpholine rings is 1. The summed E-state index contributed by atoms with van der Waals surface area (Å²) in [5.41, 5.74) is 1.40. The van der Waals surface area contributed by atoms with Crippen molar-refractivity contribution < 1.29 is 19.4 Å². The molecule has 1 heterocycles. The summed E-state index contributed by atoms with van der Waals surface area (Å²) in [4.78, 5) is 25.4. The standard InChI is InChI=1S/C20H28N2O4/c1-14(23)21-17-9-7-16(8-10-17)20(25)18-12-26-13-19(24)22(18)11-15-5-3-2-4-6-15/h7-10,15,18,20,25H,2-6,11-13H2,1H3,(H,21,23). The molecule has 6 nitrogen and oxygen atoms in total. The molecule has 0 bridgehead atoms. The molecule has 26 heavy (non-hydrogen) atoms. The van der Waals surface area contributed by atoms with Crippen LogP contribution in [0.2, 0.25) is 0 Å². The van der Waals surface area contributed by atoms with E-state index in [2.05, 4.69) is 5.32 Å². The fourth-order valence-electron chi connectivity index (χ4n) is 3.96. The van der Waals surface area contributed by atoms with E-state index < -0.39 is 6.10 Å². The highest BCUT2D eigenvalue weighted by Gasteiger charge is 2.36. The summed E-state index contributed by atoms with van der Waals surface area (Å²) < 4.78 is 5.42. The number of hydrogen-bond donors (Lipinski definition) is 2.